The van der Waals surface area contributed by atoms with Crippen LogP contribution in [0.15, 0.2) is 39.7 Å². The van der Waals surface area contributed by atoms with Crippen molar-refractivity contribution in [3.8, 4) is 0 Å². The molecular formula is C14H10BrF2NO4S. The van der Waals surface area contributed by atoms with Gasteiger partial charge in [-0.2, -0.15) is 0 Å². The average molecular weight is 406 g/mol. The quantitative estimate of drug-likeness (QED) is 0.814. The van der Waals surface area contributed by atoms with Crippen LogP contribution in [0.25, 0.3) is 0 Å². The fraction of sp³-hybridized carbons (Fsp3) is 0.0714. The highest BCUT2D eigenvalue weighted by molar-refractivity contribution is 9.10. The summed E-state index contributed by atoms with van der Waals surface area (Å²) in [6.45, 7) is 1.67. The van der Waals surface area contributed by atoms with E-state index in [0.717, 1.165) is 0 Å². The normalized spacial score (nSPS) is 11.3. The SMILES string of the molecule is Cc1cc(S(=O)(=O)Nc2cc(C(=O)O)c(F)cc2F)ccc1Br. The van der Waals surface area contributed by atoms with E-state index in [4.69, 9.17) is 5.11 Å². The summed E-state index contributed by atoms with van der Waals surface area (Å²) in [7, 11) is -4.16. The number of carboxylic acids is 1. The molecule has 2 aromatic carbocycles. The van der Waals surface area contributed by atoms with Gasteiger partial charge < -0.3 is 5.11 Å². The van der Waals surface area contributed by atoms with Crippen LogP contribution in [0.1, 0.15) is 15.9 Å². The van der Waals surface area contributed by atoms with Gasteiger partial charge in [-0.05, 0) is 36.8 Å². The Bertz CT molecular complexity index is 900. The lowest BCUT2D eigenvalue weighted by Gasteiger charge is -2.11. The molecular weight excluding hydrogens is 396 g/mol. The number of hydrogen-bond acceptors (Lipinski definition) is 3. The third-order valence-corrected chi connectivity index (χ3v) is 5.22. The fourth-order valence-corrected chi connectivity index (χ4v) is 3.17. The summed E-state index contributed by atoms with van der Waals surface area (Å²) >= 11 is 3.23. The number of sulfonamides is 1. The number of aryl methyl sites for hydroxylation is 1. The van der Waals surface area contributed by atoms with Crippen molar-refractivity contribution in [2.45, 2.75) is 11.8 Å². The first-order valence-corrected chi connectivity index (χ1v) is 8.41. The van der Waals surface area contributed by atoms with Crippen LogP contribution in [0.5, 0.6) is 0 Å². The number of carbonyl (C=O) groups is 1. The molecule has 5 nitrogen and oxygen atoms in total. The Morgan fingerprint density at radius 2 is 1.83 bits per heavy atom. The van der Waals surface area contributed by atoms with E-state index in [1.807, 2.05) is 4.72 Å². The van der Waals surface area contributed by atoms with Crippen molar-refractivity contribution >= 4 is 37.6 Å². The lowest BCUT2D eigenvalue weighted by molar-refractivity contribution is 0.0692. The Morgan fingerprint density at radius 1 is 1.17 bits per heavy atom. The monoisotopic (exact) mass is 405 g/mol. The third kappa shape index (κ3) is 3.67. The lowest BCUT2D eigenvalue weighted by atomic mass is 10.2. The molecule has 2 rings (SSSR count). The average Bonchev–Trinajstić information content (AvgIpc) is 2.44. The minimum Gasteiger partial charge on any atom is -0.478 e. The van der Waals surface area contributed by atoms with Crippen molar-refractivity contribution in [2.75, 3.05) is 4.72 Å². The standard InChI is InChI=1S/C14H10BrF2NO4S/c1-7-4-8(2-3-10(7)15)23(21,22)18-13-5-9(14(19)20)11(16)6-12(13)17/h2-6,18H,1H3,(H,19,20). The zero-order chi connectivity index (χ0) is 17.4. The van der Waals surface area contributed by atoms with E-state index in [-0.39, 0.29) is 4.90 Å². The van der Waals surface area contributed by atoms with Crippen LogP contribution in [-0.4, -0.2) is 19.5 Å². The molecule has 0 radical (unpaired) electrons. The second kappa shape index (κ2) is 6.25. The Labute approximate surface area is 139 Å². The topological polar surface area (TPSA) is 83.5 Å². The predicted molar refractivity (Wildman–Crippen MR) is 83.0 cm³/mol. The fourth-order valence-electron chi connectivity index (χ4n) is 1.78. The van der Waals surface area contributed by atoms with E-state index in [9.17, 15) is 22.0 Å². The van der Waals surface area contributed by atoms with Crippen LogP contribution in [0, 0.1) is 18.6 Å². The van der Waals surface area contributed by atoms with Crippen LogP contribution < -0.4 is 4.72 Å². The summed E-state index contributed by atoms with van der Waals surface area (Å²) in [5, 5.41) is 8.82. The second-order valence-electron chi connectivity index (χ2n) is 4.63. The maximum absolute atomic E-state index is 13.7. The van der Waals surface area contributed by atoms with E-state index in [0.29, 0.717) is 22.2 Å². The number of hydrogen-bond donors (Lipinski definition) is 2. The molecule has 0 saturated carbocycles. The molecule has 0 atom stereocenters. The summed E-state index contributed by atoms with van der Waals surface area (Å²) in [6, 6.07) is 5.06. The number of nitrogens with one attached hydrogen (secondary N) is 1. The molecule has 122 valence electrons. The minimum atomic E-state index is -4.16. The Hall–Kier alpha value is -2.00. The predicted octanol–water partition coefficient (Wildman–Crippen LogP) is 3.53. The molecule has 23 heavy (non-hydrogen) atoms. The Morgan fingerprint density at radius 3 is 2.39 bits per heavy atom. The number of carboxylic acid groups (broad SMARTS) is 1. The first-order chi connectivity index (χ1) is 10.6. The smallest absolute Gasteiger partial charge is 0.338 e. The Kier molecular flexibility index (Phi) is 4.71. The van der Waals surface area contributed by atoms with Gasteiger partial charge in [0.2, 0.25) is 0 Å². The van der Waals surface area contributed by atoms with Gasteiger partial charge in [0.1, 0.15) is 11.6 Å². The molecule has 0 aliphatic rings. The molecule has 0 aromatic heterocycles. The molecule has 2 N–H and O–H groups in total. The van der Waals surface area contributed by atoms with E-state index in [2.05, 4.69) is 15.9 Å². The number of halogens is 3. The highest BCUT2D eigenvalue weighted by atomic mass is 79.9. The number of aromatic carboxylic acids is 1. The van der Waals surface area contributed by atoms with Gasteiger partial charge in [-0.3, -0.25) is 4.72 Å². The van der Waals surface area contributed by atoms with Crippen molar-refractivity contribution in [1.29, 1.82) is 0 Å². The van der Waals surface area contributed by atoms with Gasteiger partial charge in [-0.15, -0.1) is 0 Å². The van der Waals surface area contributed by atoms with Crippen molar-refractivity contribution in [1.82, 2.24) is 0 Å². The summed E-state index contributed by atoms with van der Waals surface area (Å²) in [5.41, 5.74) is -0.848. The molecule has 0 fully saturated rings. The van der Waals surface area contributed by atoms with Crippen molar-refractivity contribution in [3.63, 3.8) is 0 Å². The van der Waals surface area contributed by atoms with Gasteiger partial charge in [0.15, 0.2) is 0 Å². The van der Waals surface area contributed by atoms with Crippen LogP contribution in [-0.2, 0) is 10.0 Å². The summed E-state index contributed by atoms with van der Waals surface area (Å²) < 4.78 is 54.2. The molecule has 9 heteroatoms. The number of anilines is 1. The Balaban J connectivity index is 2.46. The third-order valence-electron chi connectivity index (χ3n) is 2.97. The molecule has 0 aliphatic heterocycles. The first-order valence-electron chi connectivity index (χ1n) is 6.13. The molecule has 0 spiro atoms. The van der Waals surface area contributed by atoms with E-state index in [1.54, 1.807) is 6.92 Å². The summed E-state index contributed by atoms with van der Waals surface area (Å²) in [6.07, 6.45) is 0. The number of rotatable bonds is 4. The van der Waals surface area contributed by atoms with E-state index >= 15 is 0 Å². The van der Waals surface area contributed by atoms with Gasteiger partial charge in [0.25, 0.3) is 10.0 Å². The molecule has 0 bridgehead atoms. The highest BCUT2D eigenvalue weighted by Gasteiger charge is 2.20. The van der Waals surface area contributed by atoms with Crippen molar-refractivity contribution in [3.05, 3.63) is 57.6 Å². The molecule has 0 saturated heterocycles. The van der Waals surface area contributed by atoms with Crippen molar-refractivity contribution < 1.29 is 27.1 Å². The van der Waals surface area contributed by atoms with Gasteiger partial charge in [0.05, 0.1) is 16.1 Å². The van der Waals surface area contributed by atoms with Gasteiger partial charge in [0, 0.05) is 10.5 Å². The van der Waals surface area contributed by atoms with Gasteiger partial charge in [-0.25, -0.2) is 22.0 Å². The van der Waals surface area contributed by atoms with Crippen LogP contribution >= 0.6 is 15.9 Å². The molecule has 0 unspecified atom stereocenters. The van der Waals surface area contributed by atoms with Gasteiger partial charge in [-0.1, -0.05) is 15.9 Å². The molecule has 0 aliphatic carbocycles. The minimum absolute atomic E-state index is 0.140. The first kappa shape index (κ1) is 17.4. The van der Waals surface area contributed by atoms with Gasteiger partial charge >= 0.3 is 5.97 Å². The zero-order valence-corrected chi connectivity index (χ0v) is 14.0. The maximum Gasteiger partial charge on any atom is 0.338 e. The summed E-state index contributed by atoms with van der Waals surface area (Å²) in [5.74, 6) is -4.15. The molecule has 0 heterocycles. The van der Waals surface area contributed by atoms with Crippen LogP contribution in [0.2, 0.25) is 0 Å². The second-order valence-corrected chi connectivity index (χ2v) is 7.17. The van der Waals surface area contributed by atoms with Crippen molar-refractivity contribution in [2.24, 2.45) is 0 Å². The lowest BCUT2D eigenvalue weighted by Crippen LogP contribution is -2.15. The molecule has 0 amide bonds. The molecule has 2 aromatic rings. The van der Waals surface area contributed by atoms with E-state index in [1.165, 1.54) is 18.2 Å². The largest absolute Gasteiger partial charge is 0.478 e. The summed E-state index contributed by atoms with van der Waals surface area (Å²) in [4.78, 5) is 10.7. The van der Waals surface area contributed by atoms with Crippen LogP contribution in [0.3, 0.4) is 0 Å². The zero-order valence-electron chi connectivity index (χ0n) is 11.6. The van der Waals surface area contributed by atoms with E-state index < -0.39 is 38.9 Å². The maximum atomic E-state index is 13.7. The highest BCUT2D eigenvalue weighted by Crippen LogP contribution is 2.25. The van der Waals surface area contributed by atoms with Crippen LogP contribution in [0.4, 0.5) is 14.5 Å². The number of benzene rings is 2.